The van der Waals surface area contributed by atoms with Gasteiger partial charge in [-0.15, -0.1) is 5.73 Å². The maximum Gasteiger partial charge on any atom is 0.326 e. The number of carboxylic acids is 1. The van der Waals surface area contributed by atoms with Crippen molar-refractivity contribution in [3.8, 4) is 0 Å². The van der Waals surface area contributed by atoms with Crippen molar-refractivity contribution < 1.29 is 34.4 Å². The molecule has 0 aromatic rings. The Kier molecular flexibility index (Phi) is 20.0. The molecule has 1 aliphatic carbocycles. The second-order valence-corrected chi connectivity index (χ2v) is 10.6. The van der Waals surface area contributed by atoms with Crippen molar-refractivity contribution in [3.05, 3.63) is 42.2 Å². The molecule has 234 valence electrons. The van der Waals surface area contributed by atoms with Crippen molar-refractivity contribution in [3.63, 3.8) is 0 Å². The first-order valence-corrected chi connectivity index (χ1v) is 14.8. The molecule has 0 aromatic carbocycles. The molecule has 0 spiro atoms. The van der Waals surface area contributed by atoms with Gasteiger partial charge >= 0.3 is 5.97 Å². The van der Waals surface area contributed by atoms with Crippen molar-refractivity contribution in [2.24, 2.45) is 5.41 Å². The third-order valence-corrected chi connectivity index (χ3v) is 7.45. The zero-order valence-electron chi connectivity index (χ0n) is 25.1. The van der Waals surface area contributed by atoms with Gasteiger partial charge < -0.3 is 35.4 Å². The van der Waals surface area contributed by atoms with Crippen molar-refractivity contribution in [1.82, 2.24) is 16.0 Å². The van der Waals surface area contributed by atoms with Gasteiger partial charge in [-0.25, -0.2) is 4.79 Å². The van der Waals surface area contributed by atoms with Crippen molar-refractivity contribution >= 4 is 11.9 Å². The number of allylic oxidation sites excluding steroid dienone is 3. The Labute approximate surface area is 246 Å². The summed E-state index contributed by atoms with van der Waals surface area (Å²) in [5.74, 6) is -1.33. The van der Waals surface area contributed by atoms with E-state index in [4.69, 9.17) is 14.6 Å². The summed E-state index contributed by atoms with van der Waals surface area (Å²) in [4.78, 5) is 23.4. The van der Waals surface area contributed by atoms with Gasteiger partial charge in [0.15, 0.2) is 0 Å². The Balaban J connectivity index is 2.34. The van der Waals surface area contributed by atoms with Crippen LogP contribution in [0.2, 0.25) is 0 Å². The summed E-state index contributed by atoms with van der Waals surface area (Å²) in [7, 11) is 5.38. The minimum Gasteiger partial charge on any atom is -0.480 e. The maximum absolute atomic E-state index is 12.0. The molecular formula is C31H53N3O7. The van der Waals surface area contributed by atoms with Crippen LogP contribution in [0.4, 0.5) is 0 Å². The van der Waals surface area contributed by atoms with Gasteiger partial charge in [-0.05, 0) is 96.0 Å². The van der Waals surface area contributed by atoms with E-state index in [1.807, 2.05) is 32.3 Å². The number of hydrogen-bond donors (Lipinski definition) is 6. The minimum atomic E-state index is -1.01. The number of carboxylic acid groups (broad SMARTS) is 1. The molecule has 0 aromatic heterocycles. The van der Waals surface area contributed by atoms with Gasteiger partial charge in [-0.1, -0.05) is 30.7 Å². The SMILES string of the molecule is CNCCCC[C@H](NC(=O)C/C=C/C=C/CC=C=C[C@@H](O)C[C@@H](OC)C1(CCCCC(NC)OCO)CC1)C(=O)O. The average molecular weight is 580 g/mol. The Morgan fingerprint density at radius 2 is 1.80 bits per heavy atom. The predicted octanol–water partition coefficient (Wildman–Crippen LogP) is 3.17. The largest absolute Gasteiger partial charge is 0.480 e. The molecule has 1 unspecified atom stereocenters. The number of aliphatic carboxylic acids is 1. The van der Waals surface area contributed by atoms with Crippen LogP contribution in [0.5, 0.6) is 0 Å². The lowest BCUT2D eigenvalue weighted by Crippen LogP contribution is -2.40. The van der Waals surface area contributed by atoms with Crippen LogP contribution in [0.15, 0.2) is 42.2 Å². The number of nitrogens with one attached hydrogen (secondary N) is 3. The van der Waals surface area contributed by atoms with Crippen molar-refractivity contribution in [1.29, 1.82) is 0 Å². The van der Waals surface area contributed by atoms with Crippen LogP contribution in [0, 0.1) is 5.41 Å². The summed E-state index contributed by atoms with van der Waals surface area (Å²) < 4.78 is 11.0. The quantitative estimate of drug-likeness (QED) is 0.0415. The van der Waals surface area contributed by atoms with E-state index in [2.05, 4.69) is 21.7 Å². The molecule has 0 radical (unpaired) electrons. The van der Waals surface area contributed by atoms with E-state index in [1.165, 1.54) is 0 Å². The Bertz CT molecular complexity index is 851. The van der Waals surface area contributed by atoms with Gasteiger partial charge in [0.2, 0.25) is 5.91 Å². The number of carbonyl (C=O) groups excluding carboxylic acids is 1. The number of hydrogen-bond acceptors (Lipinski definition) is 8. The van der Waals surface area contributed by atoms with E-state index in [0.29, 0.717) is 19.3 Å². The lowest BCUT2D eigenvalue weighted by atomic mass is 9.88. The fraction of sp³-hybridized carbons (Fsp3) is 0.710. The minimum absolute atomic E-state index is 0.00397. The first-order chi connectivity index (χ1) is 19.8. The van der Waals surface area contributed by atoms with Gasteiger partial charge in [0.05, 0.1) is 12.2 Å². The molecule has 1 rings (SSSR count). The lowest BCUT2D eigenvalue weighted by molar-refractivity contribution is -0.141. The molecule has 0 saturated heterocycles. The zero-order valence-corrected chi connectivity index (χ0v) is 25.1. The van der Waals surface area contributed by atoms with E-state index in [1.54, 1.807) is 25.3 Å². The van der Waals surface area contributed by atoms with Crippen molar-refractivity contribution in [2.75, 3.05) is 34.5 Å². The Morgan fingerprint density at radius 1 is 1.07 bits per heavy atom. The van der Waals surface area contributed by atoms with E-state index in [0.717, 1.165) is 57.9 Å². The maximum atomic E-state index is 12.0. The molecule has 41 heavy (non-hydrogen) atoms. The number of rotatable bonds is 25. The summed E-state index contributed by atoms with van der Waals surface area (Å²) in [6.45, 7) is 0.531. The second-order valence-electron chi connectivity index (χ2n) is 10.6. The third-order valence-electron chi connectivity index (χ3n) is 7.45. The second kappa shape index (κ2) is 22.3. The highest BCUT2D eigenvalue weighted by molar-refractivity contribution is 5.84. The number of ether oxygens (including phenoxy) is 2. The summed E-state index contributed by atoms with van der Waals surface area (Å²) in [6, 6.07) is -0.862. The van der Waals surface area contributed by atoms with Crippen LogP contribution in [0.1, 0.15) is 77.0 Å². The summed E-state index contributed by atoms with van der Waals surface area (Å²) >= 11 is 0. The topological polar surface area (TPSA) is 149 Å². The summed E-state index contributed by atoms with van der Waals surface area (Å²) in [6.07, 6.45) is 19.3. The normalized spacial score (nSPS) is 17.1. The number of methoxy groups -OCH3 is 1. The zero-order chi connectivity index (χ0) is 30.3. The number of carbonyl (C=O) groups is 2. The van der Waals surface area contributed by atoms with Crippen LogP contribution >= 0.6 is 0 Å². The van der Waals surface area contributed by atoms with E-state index >= 15 is 0 Å². The molecule has 0 bridgehead atoms. The molecular weight excluding hydrogens is 526 g/mol. The standard InChI is InChI=1S/C31H53N3O7/c1-32-22-14-12-16-26(30(38)39)34-28(37)17-10-8-6-4-5-7-9-15-25(36)23-27(40-3)31(20-21-31)19-13-11-18-29(33-2)41-24-35/h4,6-8,10,15,25-27,29,32-33,35-36H,5,11-14,16-24H2,1-3H3,(H,34,37)(H,38,39)/b6-4+,10-8+/t9?,25-,26+,27-,29?/m1/s1. The summed E-state index contributed by atoms with van der Waals surface area (Å²) in [5.41, 5.74) is 3.17. The smallest absolute Gasteiger partial charge is 0.326 e. The Morgan fingerprint density at radius 3 is 2.44 bits per heavy atom. The van der Waals surface area contributed by atoms with Gasteiger partial charge in [0.1, 0.15) is 19.1 Å². The van der Waals surface area contributed by atoms with E-state index in [9.17, 15) is 19.8 Å². The average Bonchev–Trinajstić information content (AvgIpc) is 3.74. The first kappa shape index (κ1) is 36.7. The molecule has 4 atom stereocenters. The molecule has 10 nitrogen and oxygen atoms in total. The Hall–Kier alpha value is -2.30. The lowest BCUT2D eigenvalue weighted by Gasteiger charge is -2.27. The van der Waals surface area contributed by atoms with Gasteiger partial charge in [-0.2, -0.15) is 0 Å². The molecule has 1 aliphatic rings. The highest BCUT2D eigenvalue weighted by Gasteiger charge is 2.49. The monoisotopic (exact) mass is 579 g/mol. The molecule has 0 heterocycles. The van der Waals surface area contributed by atoms with Crippen molar-refractivity contribution in [2.45, 2.75) is 102 Å². The van der Waals surface area contributed by atoms with Crippen LogP contribution in [-0.4, -0.2) is 86.2 Å². The fourth-order valence-corrected chi connectivity index (χ4v) is 4.87. The number of amides is 1. The highest BCUT2D eigenvalue weighted by Crippen LogP contribution is 2.54. The van der Waals surface area contributed by atoms with Crippen LogP contribution < -0.4 is 16.0 Å². The van der Waals surface area contributed by atoms with Gasteiger partial charge in [-0.3, -0.25) is 10.1 Å². The van der Waals surface area contributed by atoms with E-state index < -0.39 is 18.1 Å². The number of aliphatic hydroxyl groups excluding tert-OH is 2. The van der Waals surface area contributed by atoms with Crippen LogP contribution in [0.3, 0.4) is 0 Å². The van der Waals surface area contributed by atoms with Gasteiger partial charge in [0.25, 0.3) is 0 Å². The van der Waals surface area contributed by atoms with E-state index in [-0.39, 0.29) is 36.9 Å². The highest BCUT2D eigenvalue weighted by atomic mass is 16.6. The van der Waals surface area contributed by atoms with Gasteiger partial charge in [0, 0.05) is 20.0 Å². The number of aliphatic hydroxyl groups is 2. The molecule has 6 N–H and O–H groups in total. The summed E-state index contributed by atoms with van der Waals surface area (Å²) in [5, 5.41) is 37.3. The van der Waals surface area contributed by atoms with Crippen LogP contribution in [-0.2, 0) is 19.1 Å². The molecule has 1 amide bonds. The third kappa shape index (κ3) is 16.7. The molecule has 10 heteroatoms. The molecule has 1 fully saturated rings. The van der Waals surface area contributed by atoms with Crippen LogP contribution in [0.25, 0.3) is 0 Å². The predicted molar refractivity (Wildman–Crippen MR) is 160 cm³/mol. The fourth-order valence-electron chi connectivity index (χ4n) is 4.87. The molecule has 0 aliphatic heterocycles. The number of unbranched alkanes of at least 4 members (excludes halogenated alkanes) is 2. The molecule has 1 saturated carbocycles. The first-order valence-electron chi connectivity index (χ1n) is 14.8.